The van der Waals surface area contributed by atoms with E-state index in [2.05, 4.69) is 10.2 Å². The molecule has 0 saturated heterocycles. The van der Waals surface area contributed by atoms with Crippen molar-refractivity contribution in [2.45, 2.75) is 0 Å². The molecule has 0 atom stereocenters. The molecule has 0 fully saturated rings. The number of aromatic amines is 1. The van der Waals surface area contributed by atoms with E-state index in [1.165, 1.54) is 26.4 Å². The number of phenols is 1. The predicted molar refractivity (Wildman–Crippen MR) is 63.2 cm³/mol. The minimum atomic E-state index is -0.903. The smallest absolute Gasteiger partial charge is 0.211 e. The van der Waals surface area contributed by atoms with Gasteiger partial charge in [-0.15, -0.1) is 0 Å². The molecule has 4 N–H and O–H groups in total. The van der Waals surface area contributed by atoms with E-state index in [4.69, 9.17) is 15.2 Å². The lowest BCUT2D eigenvalue weighted by Crippen LogP contribution is -1.96. The Labute approximate surface area is 102 Å². The van der Waals surface area contributed by atoms with Crippen molar-refractivity contribution >= 4 is 5.82 Å². The van der Waals surface area contributed by atoms with Gasteiger partial charge in [0.15, 0.2) is 11.5 Å². The summed E-state index contributed by atoms with van der Waals surface area (Å²) in [6.07, 6.45) is 0. The van der Waals surface area contributed by atoms with Crippen molar-refractivity contribution in [3.63, 3.8) is 0 Å². The summed E-state index contributed by atoms with van der Waals surface area (Å²) >= 11 is 0. The van der Waals surface area contributed by atoms with Crippen LogP contribution in [0.1, 0.15) is 0 Å². The second kappa shape index (κ2) is 4.44. The molecule has 0 amide bonds. The van der Waals surface area contributed by atoms with E-state index >= 15 is 0 Å². The van der Waals surface area contributed by atoms with Crippen LogP contribution < -0.4 is 15.2 Å². The summed E-state index contributed by atoms with van der Waals surface area (Å²) < 4.78 is 23.7. The zero-order chi connectivity index (χ0) is 13.3. The lowest BCUT2D eigenvalue weighted by atomic mass is 10.1. The fourth-order valence-electron chi connectivity index (χ4n) is 1.62. The van der Waals surface area contributed by atoms with Crippen LogP contribution >= 0.6 is 0 Å². The maximum Gasteiger partial charge on any atom is 0.211 e. The number of phenolic OH excluding ortho intramolecular Hbond substituents is 1. The van der Waals surface area contributed by atoms with Crippen LogP contribution in [0, 0.1) is 5.82 Å². The average molecular weight is 253 g/mol. The Morgan fingerprint density at radius 1 is 1.33 bits per heavy atom. The Bertz CT molecular complexity index is 583. The summed E-state index contributed by atoms with van der Waals surface area (Å²) in [7, 11) is 2.66. The molecule has 0 spiro atoms. The number of anilines is 1. The minimum Gasteiger partial charge on any atom is -0.504 e. The molecular formula is C11H12FN3O3. The fourth-order valence-corrected chi connectivity index (χ4v) is 1.62. The van der Waals surface area contributed by atoms with Crippen molar-refractivity contribution < 1.29 is 19.0 Å². The largest absolute Gasteiger partial charge is 0.504 e. The monoisotopic (exact) mass is 253 g/mol. The fraction of sp³-hybridized carbons (Fsp3) is 0.182. The molecule has 0 aliphatic carbocycles. The number of aromatic hydroxyl groups is 1. The van der Waals surface area contributed by atoms with Gasteiger partial charge in [0.25, 0.3) is 0 Å². The molecule has 96 valence electrons. The van der Waals surface area contributed by atoms with Gasteiger partial charge in [-0.3, -0.25) is 5.10 Å². The van der Waals surface area contributed by atoms with Gasteiger partial charge >= 0.3 is 0 Å². The molecule has 0 bridgehead atoms. The molecule has 1 aromatic carbocycles. The molecule has 7 heteroatoms. The number of nitrogen functional groups attached to an aromatic ring is 1. The van der Waals surface area contributed by atoms with Crippen LogP contribution in [0.15, 0.2) is 12.1 Å². The molecule has 0 aliphatic heterocycles. The first kappa shape index (κ1) is 12.0. The standard InChI is InChI=1S/C11H12FN3O3/c1-17-7-3-5(6-4-8(13)15-14-6)10(16)9(12)11(7)18-2/h3-4,16H,1-2H3,(H3,13,14,15). The number of nitrogens with one attached hydrogen (secondary N) is 1. The van der Waals surface area contributed by atoms with Gasteiger partial charge in [0.05, 0.1) is 19.9 Å². The quantitative estimate of drug-likeness (QED) is 0.771. The van der Waals surface area contributed by atoms with Crippen molar-refractivity contribution in [1.29, 1.82) is 0 Å². The van der Waals surface area contributed by atoms with Crippen LogP contribution in [0.5, 0.6) is 17.2 Å². The Hall–Kier alpha value is -2.44. The third kappa shape index (κ3) is 1.79. The van der Waals surface area contributed by atoms with Crippen molar-refractivity contribution in [3.8, 4) is 28.5 Å². The number of nitrogens with two attached hydrogens (primary N) is 1. The van der Waals surface area contributed by atoms with Crippen LogP contribution in [0.4, 0.5) is 10.2 Å². The molecule has 0 saturated carbocycles. The number of benzene rings is 1. The SMILES string of the molecule is COc1cc(-c2cc(N)n[nH]2)c(O)c(F)c1OC. The van der Waals surface area contributed by atoms with E-state index in [9.17, 15) is 9.50 Å². The van der Waals surface area contributed by atoms with Crippen molar-refractivity contribution in [1.82, 2.24) is 10.2 Å². The first-order valence-corrected chi connectivity index (χ1v) is 5.03. The van der Waals surface area contributed by atoms with Gasteiger partial charge in [-0.05, 0) is 6.07 Å². The highest BCUT2D eigenvalue weighted by atomic mass is 19.1. The van der Waals surface area contributed by atoms with E-state index in [0.29, 0.717) is 5.69 Å². The number of aromatic nitrogens is 2. The number of methoxy groups -OCH3 is 2. The summed E-state index contributed by atoms with van der Waals surface area (Å²) in [5, 5.41) is 16.1. The van der Waals surface area contributed by atoms with E-state index in [-0.39, 0.29) is 22.9 Å². The predicted octanol–water partition coefficient (Wildman–Crippen LogP) is 1.52. The van der Waals surface area contributed by atoms with Crippen molar-refractivity contribution in [3.05, 3.63) is 17.9 Å². The molecule has 0 unspecified atom stereocenters. The summed E-state index contributed by atoms with van der Waals surface area (Å²) in [6.45, 7) is 0. The van der Waals surface area contributed by atoms with E-state index in [1.807, 2.05) is 0 Å². The molecule has 1 heterocycles. The lowest BCUT2D eigenvalue weighted by Gasteiger charge is -2.12. The number of hydrogen-bond acceptors (Lipinski definition) is 5. The van der Waals surface area contributed by atoms with E-state index in [1.54, 1.807) is 0 Å². The first-order valence-electron chi connectivity index (χ1n) is 5.03. The molecule has 0 radical (unpaired) electrons. The zero-order valence-electron chi connectivity index (χ0n) is 9.82. The third-order valence-electron chi connectivity index (χ3n) is 2.47. The third-order valence-corrected chi connectivity index (χ3v) is 2.47. The number of nitrogens with zero attached hydrogens (tertiary/aromatic N) is 1. The molecular weight excluding hydrogens is 241 g/mol. The molecule has 0 aliphatic rings. The highest BCUT2D eigenvalue weighted by molar-refractivity contribution is 5.73. The average Bonchev–Trinajstić information content (AvgIpc) is 2.78. The minimum absolute atomic E-state index is 0.161. The summed E-state index contributed by atoms with van der Waals surface area (Å²) in [4.78, 5) is 0. The molecule has 2 aromatic rings. The van der Waals surface area contributed by atoms with Gasteiger partial charge in [0.1, 0.15) is 5.82 Å². The van der Waals surface area contributed by atoms with E-state index in [0.717, 1.165) is 0 Å². The van der Waals surface area contributed by atoms with Crippen LogP contribution in [-0.2, 0) is 0 Å². The zero-order valence-corrected chi connectivity index (χ0v) is 9.82. The Morgan fingerprint density at radius 3 is 2.56 bits per heavy atom. The number of rotatable bonds is 3. The van der Waals surface area contributed by atoms with Crippen molar-refractivity contribution in [2.24, 2.45) is 0 Å². The topological polar surface area (TPSA) is 93.4 Å². The Morgan fingerprint density at radius 2 is 2.06 bits per heavy atom. The number of H-pyrrole nitrogens is 1. The summed E-state index contributed by atoms with van der Waals surface area (Å²) in [5.74, 6) is -1.22. The van der Waals surface area contributed by atoms with E-state index < -0.39 is 11.6 Å². The van der Waals surface area contributed by atoms with Crippen LogP contribution in [0.2, 0.25) is 0 Å². The van der Waals surface area contributed by atoms with Gasteiger partial charge < -0.3 is 20.3 Å². The summed E-state index contributed by atoms with van der Waals surface area (Å²) in [6, 6.07) is 2.91. The summed E-state index contributed by atoms with van der Waals surface area (Å²) in [5.41, 5.74) is 6.03. The highest BCUT2D eigenvalue weighted by Gasteiger charge is 2.21. The molecule has 18 heavy (non-hydrogen) atoms. The highest BCUT2D eigenvalue weighted by Crippen LogP contribution is 2.42. The maximum absolute atomic E-state index is 13.9. The maximum atomic E-state index is 13.9. The number of hydrogen-bond donors (Lipinski definition) is 3. The van der Waals surface area contributed by atoms with Gasteiger partial charge in [-0.25, -0.2) is 0 Å². The Kier molecular flexibility index (Phi) is 2.97. The molecule has 2 rings (SSSR count). The van der Waals surface area contributed by atoms with Crippen LogP contribution in [0.3, 0.4) is 0 Å². The van der Waals surface area contributed by atoms with Gasteiger partial charge in [0.2, 0.25) is 11.6 Å². The number of halogens is 1. The van der Waals surface area contributed by atoms with Gasteiger partial charge in [-0.1, -0.05) is 0 Å². The van der Waals surface area contributed by atoms with Crippen LogP contribution in [0.25, 0.3) is 11.3 Å². The molecule has 1 aromatic heterocycles. The lowest BCUT2D eigenvalue weighted by molar-refractivity contribution is 0.327. The van der Waals surface area contributed by atoms with Crippen LogP contribution in [-0.4, -0.2) is 29.5 Å². The van der Waals surface area contributed by atoms with Gasteiger partial charge in [0, 0.05) is 11.6 Å². The van der Waals surface area contributed by atoms with Crippen molar-refractivity contribution in [2.75, 3.05) is 20.0 Å². The second-order valence-electron chi connectivity index (χ2n) is 3.53. The van der Waals surface area contributed by atoms with Gasteiger partial charge in [-0.2, -0.15) is 9.49 Å². The molecule has 6 nitrogen and oxygen atoms in total. The first-order chi connectivity index (χ1) is 8.58. The Balaban J connectivity index is 2.65. The number of ether oxygens (including phenoxy) is 2. The normalized spacial score (nSPS) is 10.4. The second-order valence-corrected chi connectivity index (χ2v) is 3.53.